The van der Waals surface area contributed by atoms with Crippen LogP contribution in [0.15, 0.2) is 53.8 Å². The van der Waals surface area contributed by atoms with E-state index in [1.54, 1.807) is 19.2 Å². The predicted molar refractivity (Wildman–Crippen MR) is 259 cm³/mol. The Balaban J connectivity index is 0.000000277. The number of nitrogen functional groups attached to an aromatic ring is 1. The molecule has 1 aromatic heterocycles. The van der Waals surface area contributed by atoms with Crippen molar-refractivity contribution in [1.29, 1.82) is 0 Å². The van der Waals surface area contributed by atoms with Gasteiger partial charge in [0.1, 0.15) is 101 Å². The molecular weight excluding hydrogens is 989 g/mol. The summed E-state index contributed by atoms with van der Waals surface area (Å²) in [5, 5.41) is 7.08. The van der Waals surface area contributed by atoms with Gasteiger partial charge in [-0.05, 0) is 19.2 Å². The zero-order chi connectivity index (χ0) is 48.7. The fourth-order valence-electron chi connectivity index (χ4n) is 5.51. The molecule has 4 aromatic carbocycles. The number of isocyanates is 1. The molecule has 0 spiro atoms. The molecule has 4 N–H and O–H groups in total. The van der Waals surface area contributed by atoms with Gasteiger partial charge in [0, 0.05) is 56.2 Å². The molecule has 0 radical (unpaired) electrons. The number of hydrogen-bond donors (Lipinski definition) is 3. The number of urea groups is 1. The third-order valence-corrected chi connectivity index (χ3v) is 11.4. The SMILES string of the molecule is COc1cc(OC)c(Cl)c(N)c1Cl.COc1cc(OC)c(Cl)c(N=C=O)c1Cl.COc1cc(OC)c(Cl)c(NC(=O)N(C)c2cc(Nc3ccc4c(c3)OCCN(C)CCO4)ncn2)c1Cl. The van der Waals surface area contributed by atoms with E-state index in [0.29, 0.717) is 80.9 Å². The summed E-state index contributed by atoms with van der Waals surface area (Å²) < 4.78 is 42.2. The Kier molecular flexibility index (Phi) is 20.3. The molecule has 1 aliphatic rings. The lowest BCUT2D eigenvalue weighted by Gasteiger charge is -2.20. The van der Waals surface area contributed by atoms with Gasteiger partial charge in [0.15, 0.2) is 11.5 Å². The first-order chi connectivity index (χ1) is 31.6. The highest BCUT2D eigenvalue weighted by atomic mass is 35.5. The standard InChI is InChI=1S/C25H28Cl2N6O5.C9H7Cl2NO3.C8H9Cl2NO2/c1-32-7-9-37-16-6-5-15(11-17(16)38-10-8-32)30-20-13-21(29-14-28-20)33(2)25(34)31-24-22(26)18(35-3)12-19(36-4)23(24)27;1-14-5-3-6(15-2)8(11)9(7(5)10)12-4-13;1-12-4-3-5(13-2)7(10)8(11)6(4)9/h5-6,11-14H,7-10H2,1-4H3,(H,31,34)(H,28,29,30);3H,1-2H3;3H,11H2,1-2H3. The summed E-state index contributed by atoms with van der Waals surface area (Å²) >= 11 is 36.2. The number of nitrogens with zero attached hydrogens (tertiary/aromatic N) is 5. The zero-order valence-electron chi connectivity index (χ0n) is 36.6. The van der Waals surface area contributed by atoms with Crippen molar-refractivity contribution in [2.75, 3.05) is 104 Å². The molecule has 0 bridgehead atoms. The summed E-state index contributed by atoms with van der Waals surface area (Å²) in [4.78, 5) is 38.6. The average molecular weight is 1030 g/mol. The van der Waals surface area contributed by atoms with Crippen molar-refractivity contribution in [3.8, 4) is 46.0 Å². The van der Waals surface area contributed by atoms with Crippen molar-refractivity contribution in [2.24, 2.45) is 4.99 Å². The topological polar surface area (TPSA) is 203 Å². The molecule has 0 atom stereocenters. The van der Waals surface area contributed by atoms with Gasteiger partial charge in [0.05, 0.1) is 54.0 Å². The van der Waals surface area contributed by atoms with E-state index in [9.17, 15) is 9.59 Å². The molecule has 0 saturated heterocycles. The second-order valence-corrected chi connectivity index (χ2v) is 15.4. The average Bonchev–Trinajstić information content (AvgIpc) is 3.41. The summed E-state index contributed by atoms with van der Waals surface area (Å²) in [5.41, 5.74) is 6.85. The number of nitrogens with one attached hydrogen (secondary N) is 2. The largest absolute Gasteiger partial charge is 0.495 e. The summed E-state index contributed by atoms with van der Waals surface area (Å²) in [6.07, 6.45) is 2.71. The Morgan fingerprint density at radius 1 is 0.712 bits per heavy atom. The van der Waals surface area contributed by atoms with E-state index in [1.165, 1.54) is 72.1 Å². The third kappa shape index (κ3) is 13.2. The van der Waals surface area contributed by atoms with Gasteiger partial charge in [-0.15, -0.1) is 0 Å². The number of nitrogens with two attached hydrogens (primary N) is 1. The molecule has 66 heavy (non-hydrogen) atoms. The quantitative estimate of drug-likeness (QED) is 0.0640. The molecule has 24 heteroatoms. The number of anilines is 5. The number of halogens is 6. The molecule has 0 saturated carbocycles. The molecule has 5 aromatic rings. The molecule has 0 aliphatic carbocycles. The maximum absolute atomic E-state index is 13.1. The summed E-state index contributed by atoms with van der Waals surface area (Å²) in [6, 6.07) is 11.3. The van der Waals surface area contributed by atoms with Crippen LogP contribution in [0.4, 0.5) is 39.2 Å². The maximum Gasteiger partial charge on any atom is 0.327 e. The minimum atomic E-state index is -0.540. The van der Waals surface area contributed by atoms with E-state index < -0.39 is 6.03 Å². The number of aromatic nitrogens is 2. The van der Waals surface area contributed by atoms with Crippen LogP contribution in [0.25, 0.3) is 0 Å². The van der Waals surface area contributed by atoms with Crippen LogP contribution in [0.5, 0.6) is 46.0 Å². The van der Waals surface area contributed by atoms with E-state index in [2.05, 4.69) is 30.5 Å². The molecule has 0 fully saturated rings. The van der Waals surface area contributed by atoms with E-state index in [-0.39, 0.29) is 37.2 Å². The van der Waals surface area contributed by atoms with E-state index in [0.717, 1.165) is 18.8 Å². The zero-order valence-corrected chi connectivity index (χ0v) is 41.1. The predicted octanol–water partition coefficient (Wildman–Crippen LogP) is 10.5. The highest BCUT2D eigenvalue weighted by Crippen LogP contribution is 2.46. The van der Waals surface area contributed by atoms with Gasteiger partial charge >= 0.3 is 6.03 Å². The number of carbonyl (C=O) groups excluding carboxylic acids is 2. The smallest absolute Gasteiger partial charge is 0.327 e. The first-order valence-corrected chi connectivity index (χ1v) is 21.2. The van der Waals surface area contributed by atoms with Crippen molar-refractivity contribution in [1.82, 2.24) is 14.9 Å². The van der Waals surface area contributed by atoms with Crippen molar-refractivity contribution >= 4 is 116 Å². The number of ether oxygens (including phenoxy) is 8. The molecule has 0 unspecified atom stereocenters. The van der Waals surface area contributed by atoms with Crippen LogP contribution in [0.2, 0.25) is 30.1 Å². The van der Waals surface area contributed by atoms with Gasteiger partial charge in [0.2, 0.25) is 6.08 Å². The fraction of sp³-hybridized carbons (Fsp3) is 0.286. The molecule has 2 heterocycles. The number of aliphatic imine (C=N–C) groups is 1. The minimum absolute atomic E-state index is 0.0875. The van der Waals surface area contributed by atoms with E-state index >= 15 is 0 Å². The number of fused-ring (bicyclic) bond motifs is 1. The van der Waals surface area contributed by atoms with Crippen molar-refractivity contribution in [2.45, 2.75) is 0 Å². The summed E-state index contributed by atoms with van der Waals surface area (Å²) in [7, 11) is 12.3. The van der Waals surface area contributed by atoms with Gasteiger partial charge in [-0.1, -0.05) is 69.6 Å². The maximum atomic E-state index is 13.1. The molecule has 2 amide bonds. The monoisotopic (exact) mass is 1030 g/mol. The van der Waals surface area contributed by atoms with E-state index in [4.69, 9.17) is 113 Å². The number of carbonyl (C=O) groups is 1. The second-order valence-electron chi connectivity index (χ2n) is 13.1. The lowest BCUT2D eigenvalue weighted by Crippen LogP contribution is -2.32. The number of benzene rings is 4. The van der Waals surface area contributed by atoms with Crippen LogP contribution in [0.1, 0.15) is 0 Å². The number of rotatable bonds is 11. The van der Waals surface area contributed by atoms with Gasteiger partial charge in [-0.2, -0.15) is 4.99 Å². The normalized spacial score (nSPS) is 11.8. The molecule has 1 aliphatic heterocycles. The first-order valence-electron chi connectivity index (χ1n) is 18.9. The van der Waals surface area contributed by atoms with Gasteiger partial charge < -0.3 is 54.3 Å². The highest BCUT2D eigenvalue weighted by Gasteiger charge is 2.23. The third-order valence-electron chi connectivity index (χ3n) is 9.10. The van der Waals surface area contributed by atoms with Crippen molar-refractivity contribution in [3.05, 3.63) is 78.9 Å². The van der Waals surface area contributed by atoms with Crippen molar-refractivity contribution < 1.29 is 47.5 Å². The second kappa shape index (κ2) is 25.3. The summed E-state index contributed by atoms with van der Waals surface area (Å²) in [6.45, 7) is 2.73. The van der Waals surface area contributed by atoms with Gasteiger partial charge in [-0.3, -0.25) is 9.80 Å². The van der Waals surface area contributed by atoms with Gasteiger partial charge in [-0.25, -0.2) is 19.6 Å². The minimum Gasteiger partial charge on any atom is -0.495 e. The molecule has 18 nitrogen and oxygen atoms in total. The Morgan fingerprint density at radius 2 is 1.18 bits per heavy atom. The Hall–Kier alpha value is -5.69. The number of likely N-dealkylation sites (N-methyl/N-ethyl adjacent to an activating group) is 1. The van der Waals surface area contributed by atoms with Crippen molar-refractivity contribution in [3.63, 3.8) is 0 Å². The molecular formula is C42H44Cl6N8O10. The van der Waals surface area contributed by atoms with Gasteiger partial charge in [0.25, 0.3) is 0 Å². The molecule has 6 rings (SSSR count). The van der Waals surface area contributed by atoms with E-state index in [1.807, 2.05) is 25.2 Å². The fourth-order valence-corrected chi connectivity index (χ4v) is 7.19. The number of amides is 2. The van der Waals surface area contributed by atoms with Crippen LogP contribution in [0, 0.1) is 0 Å². The Labute approximate surface area is 410 Å². The Bertz CT molecular complexity index is 2470. The summed E-state index contributed by atoms with van der Waals surface area (Å²) in [5.74, 6) is 4.25. The lowest BCUT2D eigenvalue weighted by molar-refractivity contribution is 0.228. The number of methoxy groups -OCH3 is 6. The first kappa shape index (κ1) is 52.9. The van der Waals surface area contributed by atoms with Crippen LogP contribution in [-0.4, -0.2) is 110 Å². The Morgan fingerprint density at radius 3 is 1.67 bits per heavy atom. The van der Waals surface area contributed by atoms with Crippen LogP contribution in [-0.2, 0) is 4.79 Å². The number of hydrogen-bond acceptors (Lipinski definition) is 16. The highest BCUT2D eigenvalue weighted by molar-refractivity contribution is 6.42. The van der Waals surface area contributed by atoms with Crippen LogP contribution in [0.3, 0.4) is 0 Å². The lowest BCUT2D eigenvalue weighted by atomic mass is 10.2. The molecule has 354 valence electrons. The van der Waals surface area contributed by atoms with Crippen LogP contribution >= 0.6 is 69.6 Å². The van der Waals surface area contributed by atoms with Crippen LogP contribution < -0.4 is 59.2 Å².